The summed E-state index contributed by atoms with van der Waals surface area (Å²) in [5.41, 5.74) is 2.99. The van der Waals surface area contributed by atoms with Gasteiger partial charge in [0.15, 0.2) is 0 Å². The number of carbonyl (C=O) groups excluding carboxylic acids is 1. The quantitative estimate of drug-likeness (QED) is 0.655. The molecule has 3 aromatic rings. The van der Waals surface area contributed by atoms with Crippen LogP contribution in [0, 0.1) is 5.92 Å². The van der Waals surface area contributed by atoms with Crippen molar-refractivity contribution < 1.29 is 4.79 Å². The van der Waals surface area contributed by atoms with Gasteiger partial charge in [-0.15, -0.1) is 10.2 Å². The van der Waals surface area contributed by atoms with Crippen molar-refractivity contribution in [3.63, 3.8) is 0 Å². The van der Waals surface area contributed by atoms with Crippen LogP contribution in [-0.2, 0) is 13.1 Å². The molecule has 1 aromatic heterocycles. The van der Waals surface area contributed by atoms with Crippen molar-refractivity contribution in [1.82, 2.24) is 25.0 Å². The normalized spacial score (nSPS) is 17.0. The summed E-state index contributed by atoms with van der Waals surface area (Å²) in [7, 11) is 0. The highest BCUT2D eigenvalue weighted by atomic mass is 16.1. The first-order chi connectivity index (χ1) is 14.7. The number of hydrogen-bond donors (Lipinski definition) is 1. The molecule has 1 atom stereocenters. The summed E-state index contributed by atoms with van der Waals surface area (Å²) >= 11 is 0. The van der Waals surface area contributed by atoms with Gasteiger partial charge in [-0.05, 0) is 55.5 Å². The summed E-state index contributed by atoms with van der Waals surface area (Å²) in [6.45, 7) is 6.56. The van der Waals surface area contributed by atoms with Gasteiger partial charge in [0.05, 0.1) is 6.54 Å². The van der Waals surface area contributed by atoms with E-state index in [-0.39, 0.29) is 5.91 Å². The summed E-state index contributed by atoms with van der Waals surface area (Å²) in [6.07, 6.45) is 4.08. The van der Waals surface area contributed by atoms with E-state index in [2.05, 4.69) is 44.0 Å². The monoisotopic (exact) mass is 403 g/mol. The Morgan fingerprint density at radius 2 is 1.87 bits per heavy atom. The molecule has 4 rings (SSSR count). The topological polar surface area (TPSA) is 63.1 Å². The minimum Gasteiger partial charge on any atom is -0.352 e. The maximum absolute atomic E-state index is 12.6. The summed E-state index contributed by atoms with van der Waals surface area (Å²) in [5, 5.41) is 11.4. The maximum atomic E-state index is 12.6. The minimum absolute atomic E-state index is 0.00235. The molecule has 6 nitrogen and oxygen atoms in total. The highest BCUT2D eigenvalue weighted by Gasteiger charge is 2.22. The maximum Gasteiger partial charge on any atom is 0.251 e. The Kier molecular flexibility index (Phi) is 6.54. The first kappa shape index (κ1) is 20.3. The van der Waals surface area contributed by atoms with E-state index >= 15 is 0 Å². The van der Waals surface area contributed by atoms with Crippen LogP contribution in [0.5, 0.6) is 0 Å². The van der Waals surface area contributed by atoms with E-state index in [1.54, 1.807) is 6.33 Å². The number of nitrogens with one attached hydrogen (secondary N) is 1. The van der Waals surface area contributed by atoms with Crippen LogP contribution in [0.2, 0.25) is 0 Å². The molecule has 30 heavy (non-hydrogen) atoms. The Morgan fingerprint density at radius 3 is 2.63 bits per heavy atom. The smallest absolute Gasteiger partial charge is 0.251 e. The van der Waals surface area contributed by atoms with Gasteiger partial charge in [0.25, 0.3) is 5.91 Å². The number of hydrogen-bond acceptors (Lipinski definition) is 4. The van der Waals surface area contributed by atoms with Crippen molar-refractivity contribution in [1.29, 1.82) is 0 Å². The van der Waals surface area contributed by atoms with Gasteiger partial charge >= 0.3 is 0 Å². The average molecular weight is 404 g/mol. The van der Waals surface area contributed by atoms with Crippen molar-refractivity contribution in [2.45, 2.75) is 32.9 Å². The molecule has 0 radical (unpaired) electrons. The molecular weight excluding hydrogens is 374 g/mol. The molecule has 0 spiro atoms. The molecule has 2 aromatic carbocycles. The summed E-state index contributed by atoms with van der Waals surface area (Å²) in [4.78, 5) is 15.0. The van der Waals surface area contributed by atoms with E-state index in [0.29, 0.717) is 18.0 Å². The highest BCUT2D eigenvalue weighted by molar-refractivity contribution is 5.94. The van der Waals surface area contributed by atoms with Crippen molar-refractivity contribution in [3.05, 3.63) is 72.3 Å². The lowest BCUT2D eigenvalue weighted by atomic mass is 9.97. The van der Waals surface area contributed by atoms with Gasteiger partial charge in [-0.3, -0.25) is 9.69 Å². The third kappa shape index (κ3) is 4.94. The molecule has 6 heteroatoms. The van der Waals surface area contributed by atoms with E-state index < -0.39 is 0 Å². The number of aromatic nitrogens is 3. The molecule has 1 aliphatic rings. The number of aryl methyl sites for hydroxylation is 1. The number of likely N-dealkylation sites (tertiary alicyclic amines) is 1. The van der Waals surface area contributed by atoms with Crippen LogP contribution in [0.1, 0.15) is 35.9 Å². The predicted molar refractivity (Wildman–Crippen MR) is 118 cm³/mol. The number of amides is 1. The molecule has 0 bridgehead atoms. The average Bonchev–Trinajstić information content (AvgIpc) is 3.25. The number of rotatable bonds is 7. The first-order valence-electron chi connectivity index (χ1n) is 10.8. The van der Waals surface area contributed by atoms with Crippen molar-refractivity contribution in [2.75, 3.05) is 19.6 Å². The molecule has 156 valence electrons. The minimum atomic E-state index is -0.00235. The van der Waals surface area contributed by atoms with Crippen LogP contribution in [-0.4, -0.2) is 45.2 Å². The fraction of sp³-hybridized carbons (Fsp3) is 0.375. The largest absolute Gasteiger partial charge is 0.352 e. The van der Waals surface area contributed by atoms with Gasteiger partial charge < -0.3 is 9.88 Å². The fourth-order valence-electron chi connectivity index (χ4n) is 4.11. The number of piperidine rings is 1. The standard InChI is InChI=1S/C24H29N5O/c1-2-29-18-26-27-23(29)17-28-14-6-7-19(16-28)15-25-24(30)22-12-10-21(11-13-22)20-8-4-3-5-9-20/h3-5,8-13,18-19H,2,6-7,14-17H2,1H3,(H,25,30). The zero-order chi connectivity index (χ0) is 20.8. The lowest BCUT2D eigenvalue weighted by Gasteiger charge is -2.32. The van der Waals surface area contributed by atoms with Gasteiger partial charge in [-0.1, -0.05) is 42.5 Å². The van der Waals surface area contributed by atoms with E-state index in [0.717, 1.165) is 56.0 Å². The molecular formula is C24H29N5O. The van der Waals surface area contributed by atoms with Crippen LogP contribution in [0.25, 0.3) is 11.1 Å². The van der Waals surface area contributed by atoms with Gasteiger partial charge in [0, 0.05) is 25.2 Å². The predicted octanol–water partition coefficient (Wildman–Crippen LogP) is 3.61. The second-order valence-electron chi connectivity index (χ2n) is 7.93. The first-order valence-corrected chi connectivity index (χ1v) is 10.8. The van der Waals surface area contributed by atoms with Gasteiger partial charge in [-0.25, -0.2) is 0 Å². The zero-order valence-electron chi connectivity index (χ0n) is 17.5. The molecule has 0 saturated carbocycles. The second-order valence-corrected chi connectivity index (χ2v) is 7.93. The third-order valence-electron chi connectivity index (χ3n) is 5.81. The van der Waals surface area contributed by atoms with Crippen molar-refractivity contribution in [3.8, 4) is 11.1 Å². The zero-order valence-corrected chi connectivity index (χ0v) is 17.5. The SMILES string of the molecule is CCn1cnnc1CN1CCCC(CNC(=O)c2ccc(-c3ccccc3)cc2)C1. The Labute approximate surface area is 177 Å². The summed E-state index contributed by atoms with van der Waals surface area (Å²) in [5.74, 6) is 1.47. The van der Waals surface area contributed by atoms with Gasteiger partial charge in [0.1, 0.15) is 12.2 Å². The summed E-state index contributed by atoms with van der Waals surface area (Å²) in [6, 6.07) is 18.0. The number of carbonyl (C=O) groups is 1. The second kappa shape index (κ2) is 9.67. The van der Waals surface area contributed by atoms with Crippen LogP contribution in [0.15, 0.2) is 60.9 Å². The van der Waals surface area contributed by atoms with E-state index in [1.165, 1.54) is 0 Å². The molecule has 1 fully saturated rings. The Morgan fingerprint density at radius 1 is 1.10 bits per heavy atom. The summed E-state index contributed by atoms with van der Waals surface area (Å²) < 4.78 is 2.09. The molecule has 1 saturated heterocycles. The van der Waals surface area contributed by atoms with Gasteiger partial charge in [0.2, 0.25) is 0 Å². The van der Waals surface area contributed by atoms with Crippen LogP contribution in [0.4, 0.5) is 0 Å². The Hall–Kier alpha value is -2.99. The van der Waals surface area contributed by atoms with Crippen molar-refractivity contribution >= 4 is 5.91 Å². The van der Waals surface area contributed by atoms with E-state index in [1.807, 2.05) is 42.5 Å². The van der Waals surface area contributed by atoms with Crippen LogP contribution >= 0.6 is 0 Å². The lowest BCUT2D eigenvalue weighted by Crippen LogP contribution is -2.41. The van der Waals surface area contributed by atoms with Crippen LogP contribution < -0.4 is 5.32 Å². The molecule has 0 aliphatic carbocycles. The highest BCUT2D eigenvalue weighted by Crippen LogP contribution is 2.20. The molecule has 1 unspecified atom stereocenters. The fourth-order valence-corrected chi connectivity index (χ4v) is 4.11. The molecule has 1 amide bonds. The molecule has 2 heterocycles. The Bertz CT molecular complexity index is 951. The van der Waals surface area contributed by atoms with Gasteiger partial charge in [-0.2, -0.15) is 0 Å². The molecule has 1 N–H and O–H groups in total. The van der Waals surface area contributed by atoms with E-state index in [4.69, 9.17) is 0 Å². The van der Waals surface area contributed by atoms with Crippen LogP contribution in [0.3, 0.4) is 0 Å². The number of nitrogens with zero attached hydrogens (tertiary/aromatic N) is 4. The lowest BCUT2D eigenvalue weighted by molar-refractivity contribution is 0.0929. The third-order valence-corrected chi connectivity index (χ3v) is 5.81. The number of benzene rings is 2. The van der Waals surface area contributed by atoms with Crippen molar-refractivity contribution in [2.24, 2.45) is 5.92 Å². The Balaban J connectivity index is 1.29. The molecule has 1 aliphatic heterocycles. The van der Waals surface area contributed by atoms with E-state index in [9.17, 15) is 4.79 Å².